The van der Waals surface area contributed by atoms with Crippen molar-refractivity contribution in [2.75, 3.05) is 0 Å². The second-order valence-corrected chi connectivity index (χ2v) is 4.25. The highest BCUT2D eigenvalue weighted by atomic mass is 35.5. The van der Waals surface area contributed by atoms with Gasteiger partial charge in [-0.1, -0.05) is 6.92 Å². The Morgan fingerprint density at radius 3 is 2.91 bits per heavy atom. The van der Waals surface area contributed by atoms with Crippen LogP contribution >= 0.6 is 22.9 Å². The van der Waals surface area contributed by atoms with Crippen LogP contribution in [0.2, 0.25) is 0 Å². The minimum atomic E-state index is 0.247. The molecule has 0 N–H and O–H groups in total. The molecule has 0 aliphatic rings. The number of hydrogen-bond donors (Lipinski definition) is 0. The average molecular weight is 190 g/mol. The van der Waals surface area contributed by atoms with Crippen LogP contribution in [0.1, 0.15) is 24.0 Å². The van der Waals surface area contributed by atoms with E-state index in [9.17, 15) is 0 Å². The SMILES string of the molecule is CCC(Cl)Cc1csc(C)n1. The van der Waals surface area contributed by atoms with Crippen molar-refractivity contribution in [2.45, 2.75) is 32.1 Å². The third-order valence-corrected chi connectivity index (χ3v) is 2.83. The van der Waals surface area contributed by atoms with Crippen molar-refractivity contribution >= 4 is 22.9 Å². The van der Waals surface area contributed by atoms with Gasteiger partial charge in [0.25, 0.3) is 0 Å². The van der Waals surface area contributed by atoms with Crippen molar-refractivity contribution in [3.8, 4) is 0 Å². The summed E-state index contributed by atoms with van der Waals surface area (Å²) in [5, 5.41) is 3.46. The first kappa shape index (κ1) is 9.01. The van der Waals surface area contributed by atoms with Crippen LogP contribution in [0.15, 0.2) is 5.38 Å². The third kappa shape index (κ3) is 2.80. The highest BCUT2D eigenvalue weighted by Crippen LogP contribution is 2.13. The fourth-order valence-electron chi connectivity index (χ4n) is 0.873. The molecule has 1 aromatic rings. The molecule has 1 nitrogen and oxygen atoms in total. The van der Waals surface area contributed by atoms with Crippen molar-refractivity contribution in [1.29, 1.82) is 0 Å². The van der Waals surface area contributed by atoms with Gasteiger partial charge in [-0.05, 0) is 13.3 Å². The summed E-state index contributed by atoms with van der Waals surface area (Å²) in [4.78, 5) is 4.33. The van der Waals surface area contributed by atoms with Gasteiger partial charge in [-0.25, -0.2) is 4.98 Å². The molecule has 1 rings (SSSR count). The number of hydrogen-bond acceptors (Lipinski definition) is 2. The van der Waals surface area contributed by atoms with Crippen LogP contribution in [0.4, 0.5) is 0 Å². The molecule has 62 valence electrons. The summed E-state index contributed by atoms with van der Waals surface area (Å²) in [7, 11) is 0. The van der Waals surface area contributed by atoms with Gasteiger partial charge >= 0.3 is 0 Å². The smallest absolute Gasteiger partial charge is 0.0897 e. The number of nitrogens with zero attached hydrogens (tertiary/aromatic N) is 1. The van der Waals surface area contributed by atoms with Gasteiger partial charge in [-0.2, -0.15) is 0 Å². The zero-order valence-corrected chi connectivity index (χ0v) is 8.37. The zero-order valence-electron chi connectivity index (χ0n) is 6.80. The molecule has 0 radical (unpaired) electrons. The first-order chi connectivity index (χ1) is 5.22. The maximum Gasteiger partial charge on any atom is 0.0897 e. The minimum Gasteiger partial charge on any atom is -0.247 e. The Bertz CT molecular complexity index is 222. The number of halogens is 1. The van der Waals surface area contributed by atoms with Crippen LogP contribution in [0.5, 0.6) is 0 Å². The molecule has 1 heterocycles. The van der Waals surface area contributed by atoms with Crippen LogP contribution in [0.25, 0.3) is 0 Å². The van der Waals surface area contributed by atoms with E-state index >= 15 is 0 Å². The third-order valence-electron chi connectivity index (χ3n) is 1.54. The van der Waals surface area contributed by atoms with E-state index in [2.05, 4.69) is 17.3 Å². The molecule has 0 spiro atoms. The van der Waals surface area contributed by atoms with E-state index in [0.717, 1.165) is 23.5 Å². The highest BCUT2D eigenvalue weighted by molar-refractivity contribution is 7.09. The monoisotopic (exact) mass is 189 g/mol. The lowest BCUT2D eigenvalue weighted by molar-refractivity contribution is 0.789. The molecule has 1 unspecified atom stereocenters. The summed E-state index contributed by atoms with van der Waals surface area (Å²) in [5.74, 6) is 0. The van der Waals surface area contributed by atoms with Crippen LogP contribution in [0.3, 0.4) is 0 Å². The molecule has 0 fully saturated rings. The molecule has 0 saturated carbocycles. The Morgan fingerprint density at radius 1 is 1.73 bits per heavy atom. The summed E-state index contributed by atoms with van der Waals surface area (Å²) in [5.41, 5.74) is 1.13. The lowest BCUT2D eigenvalue weighted by Gasteiger charge is -2.01. The van der Waals surface area contributed by atoms with Gasteiger partial charge in [-0.15, -0.1) is 22.9 Å². The van der Waals surface area contributed by atoms with Crippen LogP contribution in [-0.2, 0) is 6.42 Å². The van der Waals surface area contributed by atoms with Gasteiger partial charge < -0.3 is 0 Å². The molecule has 0 aliphatic carbocycles. The van der Waals surface area contributed by atoms with Crippen LogP contribution in [0, 0.1) is 6.92 Å². The van der Waals surface area contributed by atoms with Crippen molar-refractivity contribution < 1.29 is 0 Å². The van der Waals surface area contributed by atoms with Gasteiger partial charge in [0.05, 0.1) is 10.7 Å². The van der Waals surface area contributed by atoms with E-state index in [-0.39, 0.29) is 5.38 Å². The molecule has 0 aliphatic heterocycles. The zero-order chi connectivity index (χ0) is 8.27. The lowest BCUT2D eigenvalue weighted by atomic mass is 10.2. The van der Waals surface area contributed by atoms with Crippen LogP contribution < -0.4 is 0 Å². The van der Waals surface area contributed by atoms with Crippen molar-refractivity contribution in [1.82, 2.24) is 4.98 Å². The number of thiazole rings is 1. The van der Waals surface area contributed by atoms with Crippen LogP contribution in [-0.4, -0.2) is 10.4 Å². The van der Waals surface area contributed by atoms with E-state index in [1.807, 2.05) is 6.92 Å². The van der Waals surface area contributed by atoms with Gasteiger partial charge in [0, 0.05) is 17.2 Å². The topological polar surface area (TPSA) is 12.9 Å². The number of aromatic nitrogens is 1. The first-order valence-corrected chi connectivity index (χ1v) is 5.09. The molecule has 3 heteroatoms. The predicted molar refractivity (Wildman–Crippen MR) is 50.5 cm³/mol. The number of rotatable bonds is 3. The molecule has 0 bridgehead atoms. The normalized spacial score (nSPS) is 13.4. The maximum absolute atomic E-state index is 5.97. The van der Waals surface area contributed by atoms with E-state index in [1.165, 1.54) is 0 Å². The van der Waals surface area contributed by atoms with E-state index < -0.39 is 0 Å². The second kappa shape index (κ2) is 4.07. The Morgan fingerprint density at radius 2 is 2.45 bits per heavy atom. The first-order valence-electron chi connectivity index (χ1n) is 3.77. The number of alkyl halides is 1. The minimum absolute atomic E-state index is 0.247. The standard InChI is InChI=1S/C8H12ClNS/c1-3-7(9)4-8-5-11-6(2)10-8/h5,7H,3-4H2,1-2H3. The lowest BCUT2D eigenvalue weighted by Crippen LogP contribution is -2.01. The largest absolute Gasteiger partial charge is 0.247 e. The van der Waals surface area contributed by atoms with Gasteiger partial charge in [-0.3, -0.25) is 0 Å². The summed E-state index contributed by atoms with van der Waals surface area (Å²) >= 11 is 7.66. The maximum atomic E-state index is 5.97. The molecule has 1 atom stereocenters. The van der Waals surface area contributed by atoms with Gasteiger partial charge in [0.2, 0.25) is 0 Å². The second-order valence-electron chi connectivity index (χ2n) is 2.57. The highest BCUT2D eigenvalue weighted by Gasteiger charge is 2.04. The van der Waals surface area contributed by atoms with E-state index in [0.29, 0.717) is 0 Å². The molecule has 0 saturated heterocycles. The summed E-state index contributed by atoms with van der Waals surface area (Å²) in [6.45, 7) is 4.11. The Hall–Kier alpha value is -0.0800. The van der Waals surface area contributed by atoms with E-state index in [4.69, 9.17) is 11.6 Å². The molecule has 1 aromatic heterocycles. The number of aryl methyl sites for hydroxylation is 1. The molecule has 0 amide bonds. The Balaban J connectivity index is 2.50. The van der Waals surface area contributed by atoms with Crippen molar-refractivity contribution in [3.05, 3.63) is 16.1 Å². The quantitative estimate of drug-likeness (QED) is 0.667. The fraction of sp³-hybridized carbons (Fsp3) is 0.625. The van der Waals surface area contributed by atoms with Gasteiger partial charge in [0.15, 0.2) is 0 Å². The Kier molecular flexibility index (Phi) is 3.34. The summed E-state index contributed by atoms with van der Waals surface area (Å²) in [6.07, 6.45) is 1.92. The molecular formula is C8H12ClNS. The van der Waals surface area contributed by atoms with E-state index in [1.54, 1.807) is 11.3 Å². The predicted octanol–water partition coefficient (Wildman–Crippen LogP) is 3.01. The average Bonchev–Trinajstić information content (AvgIpc) is 2.35. The van der Waals surface area contributed by atoms with Crippen molar-refractivity contribution in [3.63, 3.8) is 0 Å². The molecule has 11 heavy (non-hydrogen) atoms. The Labute approximate surface area is 76.4 Å². The summed E-state index contributed by atoms with van der Waals surface area (Å²) in [6, 6.07) is 0. The van der Waals surface area contributed by atoms with Gasteiger partial charge in [0.1, 0.15) is 0 Å². The summed E-state index contributed by atoms with van der Waals surface area (Å²) < 4.78 is 0. The molecular weight excluding hydrogens is 178 g/mol. The van der Waals surface area contributed by atoms with Crippen molar-refractivity contribution in [2.24, 2.45) is 0 Å². The molecule has 0 aromatic carbocycles. The fourth-order valence-corrected chi connectivity index (χ4v) is 1.66.